The average Bonchev–Trinajstić information content (AvgIpc) is 3.29. The first kappa shape index (κ1) is 15.4. The molecule has 1 aliphatic rings. The quantitative estimate of drug-likeness (QED) is 0.873. The molecule has 0 radical (unpaired) electrons. The fourth-order valence-corrected chi connectivity index (χ4v) is 2.46. The molecule has 5 nitrogen and oxygen atoms in total. The van der Waals surface area contributed by atoms with Crippen LogP contribution in [0.25, 0.3) is 0 Å². The summed E-state index contributed by atoms with van der Waals surface area (Å²) in [6.45, 7) is 5.29. The summed E-state index contributed by atoms with van der Waals surface area (Å²) in [4.78, 5) is 26.1. The second-order valence-corrected chi connectivity index (χ2v) is 5.18. The summed E-state index contributed by atoms with van der Waals surface area (Å²) in [7, 11) is 1.58. The van der Waals surface area contributed by atoms with Gasteiger partial charge in [0.05, 0.1) is 18.9 Å². The van der Waals surface area contributed by atoms with Crippen molar-refractivity contribution in [2.45, 2.75) is 20.3 Å². The zero-order chi connectivity index (χ0) is 15.4. The first-order valence-electron chi connectivity index (χ1n) is 7.34. The number of carbonyl (C=O) groups is 2. The number of anilines is 1. The van der Waals surface area contributed by atoms with E-state index in [9.17, 15) is 9.59 Å². The van der Waals surface area contributed by atoms with Crippen LogP contribution in [0.3, 0.4) is 0 Å². The van der Waals surface area contributed by atoms with Crippen molar-refractivity contribution in [3.8, 4) is 5.75 Å². The molecule has 2 rings (SSSR count). The number of nitrogens with one attached hydrogen (secondary N) is 1. The maximum atomic E-state index is 12.2. The number of hydrogen-bond acceptors (Lipinski definition) is 3. The summed E-state index contributed by atoms with van der Waals surface area (Å²) in [6, 6.07) is 7.21. The molecule has 1 N–H and O–H groups in total. The van der Waals surface area contributed by atoms with Gasteiger partial charge in [0.15, 0.2) is 0 Å². The number of carbonyl (C=O) groups excluding carboxylic acids is 2. The molecule has 1 aromatic rings. The Morgan fingerprint density at radius 2 is 2.00 bits per heavy atom. The Kier molecular flexibility index (Phi) is 4.83. The minimum atomic E-state index is -0.204. The molecule has 1 aromatic carbocycles. The molecule has 5 heteroatoms. The van der Waals surface area contributed by atoms with Crippen molar-refractivity contribution in [3.63, 3.8) is 0 Å². The first-order chi connectivity index (χ1) is 10.1. The molecule has 1 saturated carbocycles. The predicted molar refractivity (Wildman–Crippen MR) is 81.1 cm³/mol. The zero-order valence-electron chi connectivity index (χ0n) is 12.8. The molecule has 1 fully saturated rings. The van der Waals surface area contributed by atoms with E-state index in [-0.39, 0.29) is 23.7 Å². The van der Waals surface area contributed by atoms with E-state index in [2.05, 4.69) is 5.32 Å². The normalized spacial score (nSPS) is 19.8. The van der Waals surface area contributed by atoms with Gasteiger partial charge in [0, 0.05) is 24.8 Å². The Morgan fingerprint density at radius 3 is 2.62 bits per heavy atom. The lowest BCUT2D eigenvalue weighted by Crippen LogP contribution is -2.33. The zero-order valence-corrected chi connectivity index (χ0v) is 12.8. The van der Waals surface area contributed by atoms with Crippen LogP contribution in [0.5, 0.6) is 5.75 Å². The van der Waals surface area contributed by atoms with Gasteiger partial charge in [0.2, 0.25) is 11.8 Å². The van der Waals surface area contributed by atoms with E-state index in [1.54, 1.807) is 18.1 Å². The summed E-state index contributed by atoms with van der Waals surface area (Å²) < 4.78 is 5.12. The Labute approximate surface area is 125 Å². The first-order valence-corrected chi connectivity index (χ1v) is 7.34. The number of benzene rings is 1. The number of nitrogens with zero attached hydrogens (tertiary/aromatic N) is 1. The SMILES string of the molecule is CCN(CC)C(=O)C1CC1C(=O)Nc1cccc(OC)c1. The highest BCUT2D eigenvalue weighted by molar-refractivity contribution is 5.99. The lowest BCUT2D eigenvalue weighted by atomic mass is 10.2. The van der Waals surface area contributed by atoms with Crippen LogP contribution in [-0.4, -0.2) is 36.9 Å². The third kappa shape index (κ3) is 3.54. The minimum Gasteiger partial charge on any atom is -0.497 e. The Morgan fingerprint density at radius 1 is 1.29 bits per heavy atom. The van der Waals surface area contributed by atoms with Gasteiger partial charge in [0.25, 0.3) is 0 Å². The van der Waals surface area contributed by atoms with Gasteiger partial charge in [-0.3, -0.25) is 9.59 Å². The van der Waals surface area contributed by atoms with E-state index in [0.29, 0.717) is 30.9 Å². The van der Waals surface area contributed by atoms with E-state index in [0.717, 1.165) is 0 Å². The third-order valence-electron chi connectivity index (χ3n) is 3.86. The topological polar surface area (TPSA) is 58.6 Å². The molecular weight excluding hydrogens is 268 g/mol. The molecular formula is C16H22N2O3. The largest absolute Gasteiger partial charge is 0.497 e. The van der Waals surface area contributed by atoms with Crippen molar-refractivity contribution in [1.29, 1.82) is 0 Å². The monoisotopic (exact) mass is 290 g/mol. The summed E-state index contributed by atoms with van der Waals surface area (Å²) >= 11 is 0. The van der Waals surface area contributed by atoms with Crippen molar-refractivity contribution < 1.29 is 14.3 Å². The van der Waals surface area contributed by atoms with Crippen molar-refractivity contribution in [2.75, 3.05) is 25.5 Å². The second kappa shape index (κ2) is 6.61. The van der Waals surface area contributed by atoms with Crippen LogP contribution >= 0.6 is 0 Å². The summed E-state index contributed by atoms with van der Waals surface area (Å²) in [5.41, 5.74) is 0.695. The van der Waals surface area contributed by atoms with Crippen LogP contribution in [0.15, 0.2) is 24.3 Å². The molecule has 21 heavy (non-hydrogen) atoms. The number of hydrogen-bond donors (Lipinski definition) is 1. The van der Waals surface area contributed by atoms with Gasteiger partial charge < -0.3 is 15.0 Å². The molecule has 0 heterocycles. The number of rotatable bonds is 6. The molecule has 2 atom stereocenters. The fourth-order valence-electron chi connectivity index (χ4n) is 2.46. The van der Waals surface area contributed by atoms with Crippen molar-refractivity contribution >= 4 is 17.5 Å². The van der Waals surface area contributed by atoms with E-state index < -0.39 is 0 Å². The van der Waals surface area contributed by atoms with Gasteiger partial charge in [0.1, 0.15) is 5.75 Å². The second-order valence-electron chi connectivity index (χ2n) is 5.18. The van der Waals surface area contributed by atoms with E-state index >= 15 is 0 Å². The van der Waals surface area contributed by atoms with Gasteiger partial charge >= 0.3 is 0 Å². The molecule has 0 aromatic heterocycles. The molecule has 0 aliphatic heterocycles. The molecule has 0 saturated heterocycles. The van der Waals surface area contributed by atoms with Crippen LogP contribution in [0.1, 0.15) is 20.3 Å². The maximum Gasteiger partial charge on any atom is 0.228 e. The van der Waals surface area contributed by atoms with Gasteiger partial charge in [-0.05, 0) is 32.4 Å². The van der Waals surface area contributed by atoms with E-state index in [4.69, 9.17) is 4.74 Å². The highest BCUT2D eigenvalue weighted by Gasteiger charge is 2.49. The fraction of sp³-hybridized carbons (Fsp3) is 0.500. The minimum absolute atomic E-state index is 0.0887. The van der Waals surface area contributed by atoms with Crippen LogP contribution in [0.2, 0.25) is 0 Å². The van der Waals surface area contributed by atoms with Gasteiger partial charge in [-0.25, -0.2) is 0 Å². The standard InChI is InChI=1S/C16H22N2O3/c1-4-18(5-2)16(20)14-10-13(14)15(19)17-11-7-6-8-12(9-11)21-3/h6-9,13-14H,4-5,10H2,1-3H3,(H,17,19). The molecule has 0 bridgehead atoms. The van der Waals surface area contributed by atoms with Gasteiger partial charge in [-0.2, -0.15) is 0 Å². The Balaban J connectivity index is 1.92. The number of amides is 2. The summed E-state index contributed by atoms with van der Waals surface area (Å²) in [5, 5.41) is 2.85. The number of ether oxygens (including phenoxy) is 1. The summed E-state index contributed by atoms with van der Waals surface area (Å²) in [5.74, 6) is 0.332. The third-order valence-corrected chi connectivity index (χ3v) is 3.86. The molecule has 114 valence electrons. The van der Waals surface area contributed by atoms with Crippen molar-refractivity contribution in [2.24, 2.45) is 11.8 Å². The van der Waals surface area contributed by atoms with E-state index in [1.165, 1.54) is 0 Å². The van der Waals surface area contributed by atoms with Crippen molar-refractivity contribution in [3.05, 3.63) is 24.3 Å². The van der Waals surface area contributed by atoms with Crippen LogP contribution < -0.4 is 10.1 Å². The smallest absolute Gasteiger partial charge is 0.228 e. The predicted octanol–water partition coefficient (Wildman–Crippen LogP) is 2.14. The molecule has 2 amide bonds. The van der Waals surface area contributed by atoms with Crippen LogP contribution in [0.4, 0.5) is 5.69 Å². The Hall–Kier alpha value is -2.04. The highest BCUT2D eigenvalue weighted by atomic mass is 16.5. The van der Waals surface area contributed by atoms with Gasteiger partial charge in [-0.1, -0.05) is 6.07 Å². The Bertz CT molecular complexity index is 526. The van der Waals surface area contributed by atoms with Crippen LogP contribution in [0, 0.1) is 11.8 Å². The highest BCUT2D eigenvalue weighted by Crippen LogP contribution is 2.40. The molecule has 0 spiro atoms. The van der Waals surface area contributed by atoms with Crippen LogP contribution in [-0.2, 0) is 9.59 Å². The van der Waals surface area contributed by atoms with E-state index in [1.807, 2.05) is 32.0 Å². The lowest BCUT2D eigenvalue weighted by Gasteiger charge is -2.18. The average molecular weight is 290 g/mol. The lowest BCUT2D eigenvalue weighted by molar-refractivity contribution is -0.133. The maximum absolute atomic E-state index is 12.2. The number of methoxy groups -OCH3 is 1. The molecule has 1 aliphatic carbocycles. The van der Waals surface area contributed by atoms with Crippen molar-refractivity contribution in [1.82, 2.24) is 4.90 Å². The van der Waals surface area contributed by atoms with Gasteiger partial charge in [-0.15, -0.1) is 0 Å². The summed E-state index contributed by atoms with van der Waals surface area (Å²) in [6.07, 6.45) is 0.644. The molecule has 2 unspecified atom stereocenters.